The number of benzene rings is 2. The van der Waals surface area contributed by atoms with E-state index >= 15 is 0 Å². The molecular formula is C23H21ClN2O3. The van der Waals surface area contributed by atoms with Crippen LogP contribution < -0.4 is 9.80 Å². The number of halogens is 1. The molecule has 2 atom stereocenters. The van der Waals surface area contributed by atoms with E-state index in [4.69, 9.17) is 16.0 Å². The summed E-state index contributed by atoms with van der Waals surface area (Å²) in [5, 5.41) is 0.616. The lowest BCUT2D eigenvalue weighted by Crippen LogP contribution is -2.47. The van der Waals surface area contributed by atoms with Crippen LogP contribution in [0.1, 0.15) is 42.4 Å². The van der Waals surface area contributed by atoms with Gasteiger partial charge in [-0.15, -0.1) is 0 Å². The molecule has 6 heteroatoms. The number of hydrogen-bond acceptors (Lipinski definition) is 3. The van der Waals surface area contributed by atoms with E-state index in [-0.39, 0.29) is 23.9 Å². The van der Waals surface area contributed by atoms with Gasteiger partial charge in [0.25, 0.3) is 5.91 Å². The Hall–Kier alpha value is -3.05. The maximum absolute atomic E-state index is 13.1. The van der Waals surface area contributed by atoms with Crippen molar-refractivity contribution in [2.75, 3.05) is 9.80 Å². The molecule has 0 saturated carbocycles. The van der Waals surface area contributed by atoms with Gasteiger partial charge in [-0.2, -0.15) is 0 Å². The van der Waals surface area contributed by atoms with Crippen molar-refractivity contribution in [1.82, 2.24) is 0 Å². The molecule has 0 spiro atoms. The minimum atomic E-state index is -0.194. The van der Waals surface area contributed by atoms with Crippen molar-refractivity contribution in [2.45, 2.75) is 32.4 Å². The fourth-order valence-electron chi connectivity index (χ4n) is 4.04. The number of carbonyl (C=O) groups excluding carboxylic acids is 2. The van der Waals surface area contributed by atoms with E-state index < -0.39 is 0 Å². The van der Waals surface area contributed by atoms with Crippen LogP contribution in [0.15, 0.2) is 71.3 Å². The maximum Gasteiger partial charge on any atom is 0.294 e. The van der Waals surface area contributed by atoms with E-state index in [1.54, 1.807) is 41.0 Å². The number of carbonyl (C=O) groups is 2. The summed E-state index contributed by atoms with van der Waals surface area (Å²) in [5.74, 6) is 0.0469. The van der Waals surface area contributed by atoms with Crippen molar-refractivity contribution >= 4 is 34.8 Å². The Morgan fingerprint density at radius 2 is 1.79 bits per heavy atom. The molecule has 1 aliphatic rings. The van der Waals surface area contributed by atoms with E-state index in [0.717, 1.165) is 16.9 Å². The molecule has 148 valence electrons. The van der Waals surface area contributed by atoms with Crippen molar-refractivity contribution in [3.63, 3.8) is 0 Å². The van der Waals surface area contributed by atoms with Gasteiger partial charge >= 0.3 is 0 Å². The van der Waals surface area contributed by atoms with Crippen LogP contribution in [-0.2, 0) is 4.79 Å². The van der Waals surface area contributed by atoms with Gasteiger partial charge in [-0.25, -0.2) is 0 Å². The number of fused-ring (bicyclic) bond motifs is 1. The molecular weight excluding hydrogens is 388 g/mol. The van der Waals surface area contributed by atoms with Gasteiger partial charge in [-0.3, -0.25) is 9.59 Å². The minimum Gasteiger partial charge on any atom is -0.459 e. The topological polar surface area (TPSA) is 53.8 Å². The van der Waals surface area contributed by atoms with Crippen LogP contribution in [0.3, 0.4) is 0 Å². The molecule has 0 N–H and O–H groups in total. The Kier molecular flexibility index (Phi) is 5.16. The lowest BCUT2D eigenvalue weighted by molar-refractivity contribution is -0.117. The van der Waals surface area contributed by atoms with Gasteiger partial charge in [0.15, 0.2) is 5.76 Å². The molecule has 0 saturated heterocycles. The molecule has 3 aromatic rings. The monoisotopic (exact) mass is 408 g/mol. The summed E-state index contributed by atoms with van der Waals surface area (Å²) in [6.07, 6.45) is 2.10. The molecule has 0 radical (unpaired) electrons. The van der Waals surface area contributed by atoms with E-state index in [2.05, 4.69) is 0 Å². The van der Waals surface area contributed by atoms with Crippen LogP contribution in [0.5, 0.6) is 0 Å². The molecule has 0 fully saturated rings. The first-order valence-electron chi connectivity index (χ1n) is 9.48. The predicted molar refractivity (Wildman–Crippen MR) is 113 cm³/mol. The van der Waals surface area contributed by atoms with Crippen molar-refractivity contribution < 1.29 is 14.0 Å². The third-order valence-corrected chi connectivity index (χ3v) is 5.52. The molecule has 1 aromatic heterocycles. The molecule has 5 nitrogen and oxygen atoms in total. The fourth-order valence-corrected chi connectivity index (χ4v) is 4.16. The first-order chi connectivity index (χ1) is 14.0. The van der Waals surface area contributed by atoms with Crippen molar-refractivity contribution in [2.24, 2.45) is 0 Å². The number of furan rings is 1. The highest BCUT2D eigenvalue weighted by Crippen LogP contribution is 2.42. The Balaban J connectivity index is 1.79. The highest BCUT2D eigenvalue weighted by molar-refractivity contribution is 6.30. The Morgan fingerprint density at radius 3 is 2.45 bits per heavy atom. The zero-order valence-electron chi connectivity index (χ0n) is 16.2. The average molecular weight is 409 g/mol. The summed E-state index contributed by atoms with van der Waals surface area (Å²) < 4.78 is 5.34. The van der Waals surface area contributed by atoms with Crippen LogP contribution >= 0.6 is 11.6 Å². The SMILES string of the molecule is CC(=O)N(c1ccc(Cl)cc1)C1CC(C)N(C(=O)c2ccco2)c2ccccc21. The van der Waals surface area contributed by atoms with Gasteiger partial charge in [0.1, 0.15) is 0 Å². The molecule has 29 heavy (non-hydrogen) atoms. The second kappa shape index (κ2) is 7.76. The van der Waals surface area contributed by atoms with E-state index in [0.29, 0.717) is 17.2 Å². The minimum absolute atomic E-state index is 0.0647. The van der Waals surface area contributed by atoms with Crippen LogP contribution in [-0.4, -0.2) is 17.9 Å². The highest BCUT2D eigenvalue weighted by Gasteiger charge is 2.38. The third-order valence-electron chi connectivity index (χ3n) is 5.27. The highest BCUT2D eigenvalue weighted by atomic mass is 35.5. The lowest BCUT2D eigenvalue weighted by Gasteiger charge is -2.43. The molecule has 4 rings (SSSR count). The molecule has 2 amide bonds. The van der Waals surface area contributed by atoms with E-state index in [9.17, 15) is 9.59 Å². The van der Waals surface area contributed by atoms with Crippen molar-refractivity contribution in [1.29, 1.82) is 0 Å². The Morgan fingerprint density at radius 1 is 1.07 bits per heavy atom. The summed E-state index contributed by atoms with van der Waals surface area (Å²) in [4.78, 5) is 29.3. The second-order valence-electron chi connectivity index (χ2n) is 7.18. The predicted octanol–water partition coefficient (Wildman–Crippen LogP) is 5.47. The number of nitrogens with zero attached hydrogens (tertiary/aromatic N) is 2. The largest absolute Gasteiger partial charge is 0.459 e. The van der Waals surface area contributed by atoms with Gasteiger partial charge in [0, 0.05) is 29.4 Å². The summed E-state index contributed by atoms with van der Waals surface area (Å²) in [5.41, 5.74) is 2.49. The molecule has 2 aromatic carbocycles. The summed E-state index contributed by atoms with van der Waals surface area (Å²) in [7, 11) is 0. The van der Waals surface area contributed by atoms with Gasteiger partial charge < -0.3 is 14.2 Å². The van der Waals surface area contributed by atoms with Crippen LogP contribution in [0.25, 0.3) is 0 Å². The Labute approximate surface area is 174 Å². The molecule has 0 aliphatic carbocycles. The van der Waals surface area contributed by atoms with Gasteiger partial charge in [0.05, 0.1) is 12.3 Å². The van der Waals surface area contributed by atoms with Crippen molar-refractivity contribution in [3.8, 4) is 0 Å². The van der Waals surface area contributed by atoms with Crippen LogP contribution in [0.2, 0.25) is 5.02 Å². The van der Waals surface area contributed by atoms with Gasteiger partial charge in [0.2, 0.25) is 5.91 Å². The lowest BCUT2D eigenvalue weighted by atomic mass is 9.89. The van der Waals surface area contributed by atoms with Gasteiger partial charge in [-0.1, -0.05) is 29.8 Å². The summed E-state index contributed by atoms with van der Waals surface area (Å²) >= 11 is 6.03. The number of para-hydroxylation sites is 1. The Bertz CT molecular complexity index is 1030. The molecule has 2 heterocycles. The fraction of sp³-hybridized carbons (Fsp3) is 0.217. The normalized spacial score (nSPS) is 18.2. The quantitative estimate of drug-likeness (QED) is 0.577. The van der Waals surface area contributed by atoms with E-state index in [1.807, 2.05) is 43.3 Å². The zero-order chi connectivity index (χ0) is 20.5. The zero-order valence-corrected chi connectivity index (χ0v) is 17.0. The first kappa shape index (κ1) is 19.3. The number of rotatable bonds is 3. The summed E-state index contributed by atoms with van der Waals surface area (Å²) in [6, 6.07) is 18.0. The average Bonchev–Trinajstić information content (AvgIpc) is 3.24. The van der Waals surface area contributed by atoms with Crippen molar-refractivity contribution in [3.05, 3.63) is 83.3 Å². The number of hydrogen-bond donors (Lipinski definition) is 0. The van der Waals surface area contributed by atoms with Crippen LogP contribution in [0.4, 0.5) is 11.4 Å². The number of anilines is 2. The van der Waals surface area contributed by atoms with Gasteiger partial charge in [-0.05, 0) is 61.4 Å². The molecule has 0 bridgehead atoms. The molecule has 2 unspecified atom stereocenters. The first-order valence-corrected chi connectivity index (χ1v) is 9.86. The van der Waals surface area contributed by atoms with E-state index in [1.165, 1.54) is 6.26 Å². The third kappa shape index (κ3) is 3.54. The number of amides is 2. The summed E-state index contributed by atoms with van der Waals surface area (Å²) in [6.45, 7) is 3.55. The standard InChI is InChI=1S/C23H21ClN2O3/c1-15-14-21(26(16(2)27)18-11-9-17(24)10-12-18)19-6-3-4-7-20(19)25(15)23(28)22-8-5-13-29-22/h3-13,15,21H,14H2,1-2H3. The maximum atomic E-state index is 13.1. The smallest absolute Gasteiger partial charge is 0.294 e. The molecule has 1 aliphatic heterocycles. The second-order valence-corrected chi connectivity index (χ2v) is 7.61. The van der Waals surface area contributed by atoms with Crippen LogP contribution in [0, 0.1) is 0 Å².